The van der Waals surface area contributed by atoms with Gasteiger partial charge in [0.1, 0.15) is 0 Å². The molecule has 0 spiro atoms. The van der Waals surface area contributed by atoms with E-state index in [0.717, 1.165) is 25.7 Å². The number of hydrogen-bond acceptors (Lipinski definition) is 1. The summed E-state index contributed by atoms with van der Waals surface area (Å²) in [4.78, 5) is 0. The van der Waals surface area contributed by atoms with Gasteiger partial charge >= 0.3 is 0 Å². The summed E-state index contributed by atoms with van der Waals surface area (Å²) in [6.07, 6.45) is 8.59. The molecule has 0 saturated carbocycles. The fourth-order valence-corrected chi connectivity index (χ4v) is 1.50. The first-order valence-corrected chi connectivity index (χ1v) is 5.54. The Kier molecular flexibility index (Phi) is 8.11. The predicted molar refractivity (Wildman–Crippen MR) is 58.8 cm³/mol. The second-order valence-electron chi connectivity index (χ2n) is 3.82. The van der Waals surface area contributed by atoms with Crippen molar-refractivity contribution in [1.82, 2.24) is 0 Å². The Morgan fingerprint density at radius 1 is 1.23 bits per heavy atom. The Morgan fingerprint density at radius 2 is 1.92 bits per heavy atom. The van der Waals surface area contributed by atoms with Gasteiger partial charge in [-0.3, -0.25) is 0 Å². The van der Waals surface area contributed by atoms with Gasteiger partial charge in [-0.25, -0.2) is 0 Å². The average molecular weight is 184 g/mol. The number of aliphatic hydroxyl groups is 1. The van der Waals surface area contributed by atoms with Gasteiger partial charge < -0.3 is 5.11 Å². The maximum atomic E-state index is 9.46. The maximum Gasteiger partial charge on any atom is 0.0543 e. The minimum Gasteiger partial charge on any atom is -0.393 e. The van der Waals surface area contributed by atoms with Gasteiger partial charge in [0.05, 0.1) is 6.10 Å². The largest absolute Gasteiger partial charge is 0.393 e. The third-order valence-corrected chi connectivity index (χ3v) is 2.26. The van der Waals surface area contributed by atoms with Crippen molar-refractivity contribution in [3.63, 3.8) is 0 Å². The molecular formula is C12H24O. The van der Waals surface area contributed by atoms with Crippen LogP contribution in [0.1, 0.15) is 59.3 Å². The van der Waals surface area contributed by atoms with Crippen molar-refractivity contribution in [2.24, 2.45) is 0 Å². The van der Waals surface area contributed by atoms with E-state index in [4.69, 9.17) is 0 Å². The molecule has 78 valence electrons. The lowest BCUT2D eigenvalue weighted by molar-refractivity contribution is 0.155. The molecule has 0 amide bonds. The van der Waals surface area contributed by atoms with Crippen LogP contribution in [0.15, 0.2) is 11.6 Å². The van der Waals surface area contributed by atoms with Gasteiger partial charge in [0.15, 0.2) is 0 Å². The third-order valence-electron chi connectivity index (χ3n) is 2.26. The van der Waals surface area contributed by atoms with Crippen molar-refractivity contribution >= 4 is 0 Å². The molecule has 0 aromatic carbocycles. The predicted octanol–water partition coefficient (Wildman–Crippen LogP) is 3.67. The zero-order valence-electron chi connectivity index (χ0n) is 9.34. The van der Waals surface area contributed by atoms with Crippen molar-refractivity contribution in [2.75, 3.05) is 0 Å². The van der Waals surface area contributed by atoms with Crippen LogP contribution in [-0.2, 0) is 0 Å². The molecule has 0 heterocycles. The van der Waals surface area contributed by atoms with Crippen molar-refractivity contribution in [3.8, 4) is 0 Å². The molecule has 13 heavy (non-hydrogen) atoms. The first-order valence-electron chi connectivity index (χ1n) is 5.54. The van der Waals surface area contributed by atoms with Gasteiger partial charge in [-0.05, 0) is 32.6 Å². The summed E-state index contributed by atoms with van der Waals surface area (Å²) >= 11 is 0. The van der Waals surface area contributed by atoms with Gasteiger partial charge in [-0.1, -0.05) is 38.3 Å². The molecule has 0 saturated heterocycles. The number of hydrogen-bond donors (Lipinski definition) is 1. The Hall–Kier alpha value is -0.300. The highest BCUT2D eigenvalue weighted by atomic mass is 16.3. The fraction of sp³-hybridized carbons (Fsp3) is 0.833. The van der Waals surface area contributed by atoms with Gasteiger partial charge in [0, 0.05) is 0 Å². The smallest absolute Gasteiger partial charge is 0.0543 e. The fourth-order valence-electron chi connectivity index (χ4n) is 1.50. The van der Waals surface area contributed by atoms with E-state index in [9.17, 15) is 5.11 Å². The average Bonchev–Trinajstić information content (AvgIpc) is 2.05. The van der Waals surface area contributed by atoms with Crippen LogP contribution in [0, 0.1) is 0 Å². The lowest BCUT2D eigenvalue weighted by atomic mass is 10.1. The molecule has 1 atom stereocenters. The Morgan fingerprint density at radius 3 is 2.46 bits per heavy atom. The van der Waals surface area contributed by atoms with E-state index in [-0.39, 0.29) is 6.10 Å². The number of rotatable bonds is 7. The van der Waals surface area contributed by atoms with Crippen LogP contribution in [-0.4, -0.2) is 11.2 Å². The van der Waals surface area contributed by atoms with Crippen molar-refractivity contribution in [2.45, 2.75) is 65.4 Å². The second-order valence-corrected chi connectivity index (χ2v) is 3.82. The molecule has 0 aromatic rings. The molecule has 0 rings (SSSR count). The zero-order valence-corrected chi connectivity index (χ0v) is 9.34. The van der Waals surface area contributed by atoms with Crippen LogP contribution in [0.4, 0.5) is 0 Å². The van der Waals surface area contributed by atoms with E-state index in [1.165, 1.54) is 18.4 Å². The van der Waals surface area contributed by atoms with E-state index >= 15 is 0 Å². The van der Waals surface area contributed by atoms with Gasteiger partial charge in [-0.2, -0.15) is 0 Å². The normalized spacial score (nSPS) is 14.6. The van der Waals surface area contributed by atoms with E-state index in [1.807, 2.05) is 0 Å². The minimum atomic E-state index is -0.0873. The molecule has 1 unspecified atom stereocenters. The Bertz CT molecular complexity index is 138. The topological polar surface area (TPSA) is 20.2 Å². The Balaban J connectivity index is 3.47. The lowest BCUT2D eigenvalue weighted by Gasteiger charge is -2.06. The molecule has 0 fully saturated rings. The third kappa shape index (κ3) is 8.04. The highest BCUT2D eigenvalue weighted by Gasteiger charge is 2.00. The summed E-state index contributed by atoms with van der Waals surface area (Å²) in [5, 5.41) is 9.46. The van der Waals surface area contributed by atoms with Gasteiger partial charge in [-0.15, -0.1) is 0 Å². The van der Waals surface area contributed by atoms with Gasteiger partial charge in [0.2, 0.25) is 0 Å². The lowest BCUT2D eigenvalue weighted by Crippen LogP contribution is -2.04. The van der Waals surface area contributed by atoms with E-state index < -0.39 is 0 Å². The molecule has 0 aliphatic rings. The van der Waals surface area contributed by atoms with Crippen LogP contribution in [0.2, 0.25) is 0 Å². The summed E-state index contributed by atoms with van der Waals surface area (Å²) < 4.78 is 0. The van der Waals surface area contributed by atoms with E-state index in [0.29, 0.717) is 0 Å². The summed E-state index contributed by atoms with van der Waals surface area (Å²) in [5.41, 5.74) is 1.46. The summed E-state index contributed by atoms with van der Waals surface area (Å²) in [6, 6.07) is 0. The first-order chi connectivity index (χ1) is 6.20. The molecule has 0 aliphatic heterocycles. The van der Waals surface area contributed by atoms with Crippen LogP contribution >= 0.6 is 0 Å². The number of allylic oxidation sites excluding steroid dienone is 2. The van der Waals surface area contributed by atoms with Crippen LogP contribution in [0.5, 0.6) is 0 Å². The van der Waals surface area contributed by atoms with Crippen LogP contribution in [0.3, 0.4) is 0 Å². The molecule has 0 aliphatic carbocycles. The SMILES string of the molecule is CCC/C(C)=C\CCC(O)CCC. The van der Waals surface area contributed by atoms with Crippen LogP contribution in [0.25, 0.3) is 0 Å². The summed E-state index contributed by atoms with van der Waals surface area (Å²) in [5.74, 6) is 0. The molecule has 1 heteroatoms. The molecule has 1 N–H and O–H groups in total. The molecule has 0 radical (unpaired) electrons. The standard InChI is InChI=1S/C12H24O/c1-4-7-11(3)9-6-10-12(13)8-5-2/h9,12-13H,4-8,10H2,1-3H3/b11-9-. The maximum absolute atomic E-state index is 9.46. The quantitative estimate of drug-likeness (QED) is 0.598. The molecule has 0 bridgehead atoms. The monoisotopic (exact) mass is 184 g/mol. The molecule has 0 aromatic heterocycles. The van der Waals surface area contributed by atoms with Gasteiger partial charge in [0.25, 0.3) is 0 Å². The van der Waals surface area contributed by atoms with E-state index in [2.05, 4.69) is 26.8 Å². The van der Waals surface area contributed by atoms with Crippen LogP contribution < -0.4 is 0 Å². The molecular weight excluding hydrogens is 160 g/mol. The Labute approximate surface area is 82.9 Å². The highest BCUT2D eigenvalue weighted by Crippen LogP contribution is 2.09. The highest BCUT2D eigenvalue weighted by molar-refractivity contribution is 4.97. The second kappa shape index (κ2) is 8.31. The van der Waals surface area contributed by atoms with Crippen molar-refractivity contribution in [1.29, 1.82) is 0 Å². The molecule has 1 nitrogen and oxygen atoms in total. The summed E-state index contributed by atoms with van der Waals surface area (Å²) in [7, 11) is 0. The number of aliphatic hydroxyl groups excluding tert-OH is 1. The minimum absolute atomic E-state index is 0.0873. The first kappa shape index (κ1) is 12.7. The van der Waals surface area contributed by atoms with Crippen molar-refractivity contribution < 1.29 is 5.11 Å². The van der Waals surface area contributed by atoms with Crippen molar-refractivity contribution in [3.05, 3.63) is 11.6 Å². The van der Waals surface area contributed by atoms with E-state index in [1.54, 1.807) is 0 Å². The summed E-state index contributed by atoms with van der Waals surface area (Å²) in [6.45, 7) is 6.49. The zero-order chi connectivity index (χ0) is 10.1.